The van der Waals surface area contributed by atoms with E-state index in [1.807, 2.05) is 111 Å². The van der Waals surface area contributed by atoms with Gasteiger partial charge in [0.2, 0.25) is 11.8 Å². The quantitative estimate of drug-likeness (QED) is 0.230. The van der Waals surface area contributed by atoms with E-state index in [0.717, 1.165) is 22.4 Å². The lowest BCUT2D eigenvalue weighted by Gasteiger charge is -2.36. The van der Waals surface area contributed by atoms with Gasteiger partial charge in [0.25, 0.3) is 0 Å². The average Bonchev–Trinajstić information content (AvgIpc) is 3.66. The van der Waals surface area contributed by atoms with Crippen molar-refractivity contribution in [3.63, 3.8) is 0 Å². The molecule has 0 spiro atoms. The van der Waals surface area contributed by atoms with Crippen molar-refractivity contribution in [2.24, 2.45) is 29.6 Å². The Labute approximate surface area is 251 Å². The highest BCUT2D eigenvalue weighted by atomic mass is 16.3. The van der Waals surface area contributed by atoms with E-state index in [4.69, 9.17) is 4.98 Å². The van der Waals surface area contributed by atoms with Crippen LogP contribution < -0.4 is 0 Å². The molecule has 3 heterocycles. The van der Waals surface area contributed by atoms with Gasteiger partial charge in [0.1, 0.15) is 0 Å². The van der Waals surface area contributed by atoms with Gasteiger partial charge in [-0.05, 0) is 52.5 Å². The summed E-state index contributed by atoms with van der Waals surface area (Å²) in [4.78, 5) is 39.1. The predicted octanol–water partition coefficient (Wildman–Crippen LogP) is 5.66. The second kappa shape index (κ2) is 10.5. The van der Waals surface area contributed by atoms with Gasteiger partial charge in [-0.15, -0.1) is 0 Å². The summed E-state index contributed by atoms with van der Waals surface area (Å²) in [5, 5.41) is 12.9. The lowest BCUT2D eigenvalue weighted by Crippen LogP contribution is -2.39. The van der Waals surface area contributed by atoms with Gasteiger partial charge in [-0.2, -0.15) is 0 Å². The fourth-order valence-corrected chi connectivity index (χ4v) is 7.46. The molecule has 2 amide bonds. The Morgan fingerprint density at radius 3 is 2.07 bits per heavy atom. The first-order valence-electron chi connectivity index (χ1n) is 14.9. The van der Waals surface area contributed by atoms with Crippen LogP contribution in [-0.2, 0) is 15.2 Å². The maximum atomic E-state index is 14.3. The van der Waals surface area contributed by atoms with Crippen LogP contribution >= 0.6 is 0 Å². The number of imide groups is 1. The number of carbonyl (C=O) groups is 2. The number of nitrogens with zero attached hydrogens (tertiary/aromatic N) is 3. The molecule has 214 valence electrons. The van der Waals surface area contributed by atoms with Crippen molar-refractivity contribution in [3.8, 4) is 0 Å². The Kier molecular flexibility index (Phi) is 6.66. The SMILES string of the molecule is CC(C)CN1C(=O)[C@H]2[C@H]3C(C(O)(c4ccccc4)c4ccccn4)=C[C@H](C3=C(c3ccccc3)c3ccccn3)[C@H]2C1=O. The van der Waals surface area contributed by atoms with Crippen molar-refractivity contribution in [2.75, 3.05) is 6.54 Å². The lowest BCUT2D eigenvalue weighted by atomic mass is 9.71. The van der Waals surface area contributed by atoms with E-state index >= 15 is 0 Å². The summed E-state index contributed by atoms with van der Waals surface area (Å²) in [6.45, 7) is 4.41. The van der Waals surface area contributed by atoms with Crippen LogP contribution in [0.3, 0.4) is 0 Å². The summed E-state index contributed by atoms with van der Waals surface area (Å²) in [5.41, 5.74) is 3.82. The molecule has 6 heteroatoms. The first-order chi connectivity index (χ1) is 20.9. The Morgan fingerprint density at radius 2 is 1.44 bits per heavy atom. The van der Waals surface area contributed by atoms with Gasteiger partial charge in [-0.3, -0.25) is 24.5 Å². The smallest absolute Gasteiger partial charge is 0.234 e. The second-order valence-electron chi connectivity index (χ2n) is 12.1. The molecule has 1 N–H and O–H groups in total. The van der Waals surface area contributed by atoms with Gasteiger partial charge in [0.05, 0.1) is 23.2 Å². The number of aromatic nitrogens is 2. The van der Waals surface area contributed by atoms with Crippen LogP contribution in [0, 0.1) is 29.6 Å². The Hall–Kier alpha value is -4.68. The fraction of sp³-hybridized carbons (Fsp3) is 0.243. The highest BCUT2D eigenvalue weighted by Gasteiger charge is 2.66. The number of amides is 2. The number of rotatable bonds is 7. The molecular weight excluding hydrogens is 534 g/mol. The van der Waals surface area contributed by atoms with Crippen molar-refractivity contribution < 1.29 is 14.7 Å². The third-order valence-electron chi connectivity index (χ3n) is 9.09. The summed E-state index contributed by atoms with van der Waals surface area (Å²) in [6.07, 6.45) is 5.49. The van der Waals surface area contributed by atoms with Gasteiger partial charge < -0.3 is 5.11 Å². The maximum absolute atomic E-state index is 14.3. The molecular formula is C37H33N3O3. The zero-order valence-corrected chi connectivity index (χ0v) is 24.2. The molecule has 7 rings (SSSR count). The number of aliphatic hydroxyl groups is 1. The highest BCUT2D eigenvalue weighted by Crippen LogP contribution is 2.64. The number of hydrogen-bond acceptors (Lipinski definition) is 5. The number of benzene rings is 2. The Bertz CT molecular complexity index is 1650. The van der Waals surface area contributed by atoms with Gasteiger partial charge in [0, 0.05) is 36.3 Å². The molecule has 3 aliphatic rings. The fourth-order valence-electron chi connectivity index (χ4n) is 7.46. The van der Waals surface area contributed by atoms with Gasteiger partial charge >= 0.3 is 0 Å². The first-order valence-corrected chi connectivity index (χ1v) is 14.9. The van der Waals surface area contributed by atoms with Crippen LogP contribution in [0.15, 0.2) is 127 Å². The van der Waals surface area contributed by atoms with Crippen LogP contribution in [0.2, 0.25) is 0 Å². The third kappa shape index (κ3) is 4.20. The molecule has 43 heavy (non-hydrogen) atoms. The summed E-state index contributed by atoms with van der Waals surface area (Å²) in [7, 11) is 0. The molecule has 1 saturated heterocycles. The summed E-state index contributed by atoms with van der Waals surface area (Å²) in [5.74, 6) is -2.19. The van der Waals surface area contributed by atoms with Crippen LogP contribution in [0.4, 0.5) is 0 Å². The van der Waals surface area contributed by atoms with Gasteiger partial charge in [-0.1, -0.05) is 92.7 Å². The molecule has 1 saturated carbocycles. The van der Waals surface area contributed by atoms with E-state index in [2.05, 4.69) is 11.1 Å². The van der Waals surface area contributed by atoms with Crippen LogP contribution in [0.5, 0.6) is 0 Å². The zero-order valence-electron chi connectivity index (χ0n) is 24.2. The number of carbonyl (C=O) groups excluding carboxylic acids is 2. The van der Waals surface area contributed by atoms with E-state index in [9.17, 15) is 14.7 Å². The number of hydrogen-bond donors (Lipinski definition) is 1. The molecule has 2 aromatic carbocycles. The summed E-state index contributed by atoms with van der Waals surface area (Å²) >= 11 is 0. The minimum atomic E-state index is -1.61. The van der Waals surface area contributed by atoms with Crippen molar-refractivity contribution in [3.05, 3.63) is 149 Å². The molecule has 6 nitrogen and oxygen atoms in total. The molecule has 1 aliphatic heterocycles. The molecule has 4 aromatic rings. The normalized spacial score (nSPS) is 25.1. The Balaban J connectivity index is 1.51. The highest BCUT2D eigenvalue weighted by molar-refractivity contribution is 6.08. The number of pyridine rings is 2. The molecule has 1 unspecified atom stereocenters. The number of allylic oxidation sites excluding steroid dienone is 2. The maximum Gasteiger partial charge on any atom is 0.234 e. The van der Waals surface area contributed by atoms with Crippen molar-refractivity contribution in [1.29, 1.82) is 0 Å². The minimum Gasteiger partial charge on any atom is -0.375 e. The molecule has 2 fully saturated rings. The largest absolute Gasteiger partial charge is 0.375 e. The number of likely N-dealkylation sites (tertiary alicyclic amines) is 1. The monoisotopic (exact) mass is 567 g/mol. The van der Waals surface area contributed by atoms with Crippen molar-refractivity contribution >= 4 is 17.4 Å². The Morgan fingerprint density at radius 1 is 0.814 bits per heavy atom. The molecule has 2 bridgehead atoms. The second-order valence-corrected chi connectivity index (χ2v) is 12.1. The standard InChI is InChI=1S/C37H33N3O3/c1-23(2)22-40-35(41)32-26-21-27(37(43,25-15-7-4-8-16-25)29-18-10-12-20-39-29)33(34(32)36(40)42)31(26)30(24-13-5-3-6-14-24)28-17-9-11-19-38-28/h3-21,23,26,32-34,43H,22H2,1-2H3/t26-,32-,33+,34-,37?/m1/s1. The van der Waals surface area contributed by atoms with Crippen LogP contribution in [0.1, 0.15) is 36.4 Å². The van der Waals surface area contributed by atoms with E-state index < -0.39 is 23.4 Å². The van der Waals surface area contributed by atoms with Crippen LogP contribution in [-0.4, -0.2) is 38.3 Å². The molecule has 0 radical (unpaired) electrons. The number of fused-ring (bicyclic) bond motifs is 5. The molecule has 5 atom stereocenters. The molecule has 2 aliphatic carbocycles. The van der Waals surface area contributed by atoms with E-state index in [-0.39, 0.29) is 23.7 Å². The third-order valence-corrected chi connectivity index (χ3v) is 9.09. The van der Waals surface area contributed by atoms with E-state index in [1.54, 1.807) is 12.4 Å². The summed E-state index contributed by atoms with van der Waals surface area (Å²) < 4.78 is 0. The van der Waals surface area contributed by atoms with Gasteiger partial charge in [0.15, 0.2) is 5.60 Å². The lowest BCUT2D eigenvalue weighted by molar-refractivity contribution is -0.141. The molecule has 2 aromatic heterocycles. The van der Waals surface area contributed by atoms with E-state index in [0.29, 0.717) is 23.4 Å². The van der Waals surface area contributed by atoms with Crippen molar-refractivity contribution in [2.45, 2.75) is 19.4 Å². The van der Waals surface area contributed by atoms with E-state index in [1.165, 1.54) is 4.90 Å². The first kappa shape index (κ1) is 27.2. The van der Waals surface area contributed by atoms with Crippen LogP contribution in [0.25, 0.3) is 5.57 Å². The van der Waals surface area contributed by atoms with Gasteiger partial charge in [-0.25, -0.2) is 0 Å². The minimum absolute atomic E-state index is 0.126. The predicted molar refractivity (Wildman–Crippen MR) is 164 cm³/mol. The zero-order chi connectivity index (χ0) is 29.7. The summed E-state index contributed by atoms with van der Waals surface area (Å²) in [6, 6.07) is 30.8. The van der Waals surface area contributed by atoms with Crippen molar-refractivity contribution in [1.82, 2.24) is 14.9 Å². The average molecular weight is 568 g/mol. The topological polar surface area (TPSA) is 83.4 Å².